The zero-order valence-electron chi connectivity index (χ0n) is 17.8. The fraction of sp³-hybridized carbons (Fsp3) is 1.00. The number of rotatable bonds is 15. The van der Waals surface area contributed by atoms with Gasteiger partial charge < -0.3 is 0 Å². The summed E-state index contributed by atoms with van der Waals surface area (Å²) in [5.74, 6) is 0. The molecule has 0 unspecified atom stereocenters. The van der Waals surface area contributed by atoms with Gasteiger partial charge in [-0.3, -0.25) is 0 Å². The first-order chi connectivity index (χ1) is 11.1. The van der Waals surface area contributed by atoms with E-state index in [1.165, 1.54) is 50.3 Å². The van der Waals surface area contributed by atoms with Gasteiger partial charge in [0.25, 0.3) is 0 Å². The Bertz CT molecular complexity index is 215. The van der Waals surface area contributed by atoms with Crippen LogP contribution < -0.4 is 0 Å². The van der Waals surface area contributed by atoms with Crippen LogP contribution in [0.3, 0.4) is 0 Å². The van der Waals surface area contributed by atoms with Gasteiger partial charge in [-0.15, -0.1) is 0 Å². The molecule has 0 heterocycles. The maximum absolute atomic E-state index is 2.57. The van der Waals surface area contributed by atoms with Crippen LogP contribution in [0.1, 0.15) is 93.4 Å². The molecule has 0 rings (SSSR count). The molecule has 0 nitrogen and oxygen atoms in total. The minimum absolute atomic E-state index is 1.11. The normalized spacial score (nSPS) is 15.6. The van der Waals surface area contributed by atoms with Crippen LogP contribution in [0.4, 0.5) is 0 Å². The zero-order chi connectivity index (χ0) is 17.8. The van der Waals surface area contributed by atoms with Gasteiger partial charge in [0.05, 0.1) is 0 Å². The Morgan fingerprint density at radius 1 is 0.435 bits per heavy atom. The summed E-state index contributed by atoms with van der Waals surface area (Å²) < 4.78 is 0. The molecule has 0 aliphatic carbocycles. The van der Waals surface area contributed by atoms with Crippen LogP contribution in [0.5, 0.6) is 0 Å². The molecule has 0 bridgehead atoms. The zero-order valence-corrected chi connectivity index (χ0v) is 19.8. The van der Waals surface area contributed by atoms with Crippen molar-refractivity contribution >= 4 is 14.5 Å². The summed E-state index contributed by atoms with van der Waals surface area (Å²) >= 11 is 0. The van der Waals surface area contributed by atoms with Crippen molar-refractivity contribution in [2.75, 3.05) is 37.0 Å². The van der Waals surface area contributed by atoms with Crippen molar-refractivity contribution in [1.82, 2.24) is 0 Å². The molecule has 0 fully saturated rings. The van der Waals surface area contributed by atoms with E-state index in [-0.39, 0.29) is 0 Å². The first kappa shape index (κ1) is 23.9. The van der Waals surface area contributed by atoms with Gasteiger partial charge in [-0.2, -0.15) is 0 Å². The van der Waals surface area contributed by atoms with E-state index < -0.39 is 14.5 Å². The molecule has 0 saturated carbocycles. The molecular weight excluding hydrogens is 314 g/mol. The molecule has 0 atom stereocenters. The van der Waals surface area contributed by atoms with Crippen LogP contribution in [0.15, 0.2) is 0 Å². The summed E-state index contributed by atoms with van der Waals surface area (Å²) in [6.45, 7) is 17.3. The first-order valence-corrected chi connectivity index (χ1v) is 16.5. The Morgan fingerprint density at radius 2 is 0.652 bits per heavy atom. The summed E-state index contributed by atoms with van der Waals surface area (Å²) in [4.78, 5) is 0. The Labute approximate surface area is 150 Å². The number of hydrogen-bond donors (Lipinski definition) is 0. The van der Waals surface area contributed by atoms with Crippen molar-refractivity contribution < 1.29 is 0 Å². The van der Waals surface area contributed by atoms with Crippen molar-refractivity contribution in [1.29, 1.82) is 0 Å². The second-order valence-electron chi connectivity index (χ2n) is 8.19. The molecule has 0 aromatic heterocycles. The fourth-order valence-electron chi connectivity index (χ4n) is 6.30. The van der Waals surface area contributed by atoms with E-state index in [2.05, 4.69) is 48.5 Å². The molecule has 0 radical (unpaired) electrons. The predicted molar refractivity (Wildman–Crippen MR) is 122 cm³/mol. The maximum atomic E-state index is 2.57. The topological polar surface area (TPSA) is 0 Å². The third-order valence-corrected chi connectivity index (χ3v) is 22.8. The average Bonchev–Trinajstić information content (AvgIpc) is 2.49. The molecule has 0 saturated heterocycles. The van der Waals surface area contributed by atoms with Gasteiger partial charge in [0.2, 0.25) is 0 Å². The van der Waals surface area contributed by atoms with Gasteiger partial charge in [0, 0.05) is 0 Å². The Morgan fingerprint density at radius 3 is 0.783 bits per heavy atom. The predicted octanol–water partition coefficient (Wildman–Crippen LogP) is 7.68. The SMILES string of the molecule is CCC[PH](CCC)(CCC)C(CC)[PH](CCC)(CCC)CCC. The molecule has 0 aromatic carbocycles. The van der Waals surface area contributed by atoms with Gasteiger partial charge in [-0.05, 0) is 0 Å². The molecule has 0 aliphatic rings. The Hall–Kier alpha value is 0.860. The second kappa shape index (κ2) is 13.1. The molecule has 0 aromatic rings. The van der Waals surface area contributed by atoms with Crippen LogP contribution in [-0.2, 0) is 0 Å². The van der Waals surface area contributed by atoms with E-state index in [1.54, 1.807) is 37.0 Å². The Kier molecular flexibility index (Phi) is 13.6. The van der Waals surface area contributed by atoms with Crippen LogP contribution in [-0.4, -0.2) is 42.4 Å². The third kappa shape index (κ3) is 6.59. The molecule has 0 aliphatic heterocycles. The summed E-state index contributed by atoms with van der Waals surface area (Å²) in [6, 6.07) is 0. The van der Waals surface area contributed by atoms with E-state index in [1.807, 2.05) is 0 Å². The Balaban J connectivity index is 5.91. The van der Waals surface area contributed by atoms with Crippen LogP contribution in [0.2, 0.25) is 0 Å². The molecular formula is C21H50P2. The summed E-state index contributed by atoms with van der Waals surface area (Å²) in [6.07, 6.45) is 19.9. The third-order valence-electron chi connectivity index (χ3n) is 6.37. The van der Waals surface area contributed by atoms with E-state index >= 15 is 0 Å². The van der Waals surface area contributed by atoms with Crippen molar-refractivity contribution in [3.05, 3.63) is 0 Å². The van der Waals surface area contributed by atoms with Gasteiger partial charge in [-0.1, -0.05) is 0 Å². The monoisotopic (exact) mass is 364 g/mol. The average molecular weight is 365 g/mol. The molecule has 144 valence electrons. The fourth-order valence-corrected chi connectivity index (χ4v) is 25.4. The molecule has 0 amide bonds. The quantitative estimate of drug-likeness (QED) is 0.261. The standard InChI is InChI=1S/C21H50P2/c1-8-15-22(16-9-2,17-10-3)21(14-7)23(18-11-4,19-12-5)20-13-6/h21-23H,8-20H2,1-7H3. The van der Waals surface area contributed by atoms with Crippen LogP contribution in [0.25, 0.3) is 0 Å². The van der Waals surface area contributed by atoms with Crippen molar-refractivity contribution in [2.45, 2.75) is 98.8 Å². The second-order valence-corrected chi connectivity index (χ2v) is 18.6. The van der Waals surface area contributed by atoms with Crippen molar-refractivity contribution in [3.63, 3.8) is 0 Å². The van der Waals surface area contributed by atoms with Gasteiger partial charge in [0.15, 0.2) is 0 Å². The summed E-state index contributed by atoms with van der Waals surface area (Å²) in [5, 5.41) is 1.20. The minimum atomic E-state index is -1.11. The van der Waals surface area contributed by atoms with E-state index in [0.29, 0.717) is 0 Å². The summed E-state index contributed by atoms with van der Waals surface area (Å²) in [5.41, 5.74) is 0. The molecule has 2 heteroatoms. The van der Waals surface area contributed by atoms with E-state index in [4.69, 9.17) is 0 Å². The van der Waals surface area contributed by atoms with Gasteiger partial charge >= 0.3 is 150 Å². The van der Waals surface area contributed by atoms with Crippen molar-refractivity contribution in [3.8, 4) is 0 Å². The van der Waals surface area contributed by atoms with E-state index in [9.17, 15) is 0 Å². The van der Waals surface area contributed by atoms with Gasteiger partial charge in [-0.25, -0.2) is 0 Å². The molecule has 0 spiro atoms. The van der Waals surface area contributed by atoms with E-state index in [0.717, 1.165) is 0 Å². The first-order valence-electron chi connectivity index (χ1n) is 11.1. The van der Waals surface area contributed by atoms with Gasteiger partial charge in [0.1, 0.15) is 0 Å². The summed E-state index contributed by atoms with van der Waals surface area (Å²) in [7, 11) is -2.22. The molecule has 0 N–H and O–H groups in total. The number of hydrogen-bond acceptors (Lipinski definition) is 0. The van der Waals surface area contributed by atoms with Crippen LogP contribution in [0, 0.1) is 0 Å². The molecule has 23 heavy (non-hydrogen) atoms. The van der Waals surface area contributed by atoms with Crippen molar-refractivity contribution in [2.24, 2.45) is 0 Å². The van der Waals surface area contributed by atoms with Crippen LogP contribution >= 0.6 is 14.5 Å².